The molecule has 0 N–H and O–H groups in total. The molecule has 0 aromatic rings. The highest BCUT2D eigenvalue weighted by Gasteiger charge is 2.41. The summed E-state index contributed by atoms with van der Waals surface area (Å²) in [6.45, 7) is 2.30. The molecule has 12 heavy (non-hydrogen) atoms. The molecule has 0 radical (unpaired) electrons. The minimum atomic E-state index is -0.606. The summed E-state index contributed by atoms with van der Waals surface area (Å²) in [6, 6.07) is 0. The van der Waals surface area contributed by atoms with Crippen LogP contribution in [0.25, 0.3) is 0 Å². The van der Waals surface area contributed by atoms with Crippen molar-refractivity contribution in [3.63, 3.8) is 0 Å². The summed E-state index contributed by atoms with van der Waals surface area (Å²) < 4.78 is 0. The van der Waals surface area contributed by atoms with Gasteiger partial charge in [-0.05, 0) is 18.8 Å². The predicted octanol–water partition coefficient (Wildman–Crippen LogP) is 1.76. The Kier molecular flexibility index (Phi) is 2.32. The molecule has 2 rings (SSSR count). The Morgan fingerprint density at radius 3 is 2.25 bits per heavy atom. The van der Waals surface area contributed by atoms with Crippen LogP contribution in [-0.2, 0) is 19.6 Å². The maximum Gasteiger partial charge on any atom is 0.234 e. The molecule has 0 amide bonds. The molecule has 0 unspecified atom stereocenters. The summed E-state index contributed by atoms with van der Waals surface area (Å²) >= 11 is 0. The van der Waals surface area contributed by atoms with Crippen molar-refractivity contribution >= 4 is 0 Å². The van der Waals surface area contributed by atoms with Gasteiger partial charge < -0.3 is 0 Å². The fourth-order valence-corrected chi connectivity index (χ4v) is 1.67. The van der Waals surface area contributed by atoms with E-state index in [1.807, 2.05) is 0 Å². The second-order valence-corrected chi connectivity index (χ2v) is 3.61. The van der Waals surface area contributed by atoms with Crippen LogP contribution in [-0.4, -0.2) is 12.6 Å². The van der Waals surface area contributed by atoms with Gasteiger partial charge in [0, 0.05) is 12.8 Å². The Labute approximate surface area is 71.6 Å². The van der Waals surface area contributed by atoms with Gasteiger partial charge in [-0.3, -0.25) is 0 Å². The van der Waals surface area contributed by atoms with Crippen LogP contribution in [0.2, 0.25) is 0 Å². The van der Waals surface area contributed by atoms with Crippen LogP contribution >= 0.6 is 0 Å². The van der Waals surface area contributed by atoms with Crippen LogP contribution < -0.4 is 0 Å². The molecule has 0 bridgehead atoms. The summed E-state index contributed by atoms with van der Waals surface area (Å²) in [5, 5.41) is 0. The van der Waals surface area contributed by atoms with Crippen molar-refractivity contribution in [2.45, 2.75) is 38.4 Å². The fourth-order valence-electron chi connectivity index (χ4n) is 1.67. The molecule has 0 aromatic carbocycles. The Morgan fingerprint density at radius 1 is 1.08 bits per heavy atom. The predicted molar refractivity (Wildman–Crippen MR) is 39.6 cm³/mol. The highest BCUT2D eigenvalue weighted by Crippen LogP contribution is 2.37. The first-order valence-corrected chi connectivity index (χ1v) is 4.42. The van der Waals surface area contributed by atoms with Crippen molar-refractivity contribution in [2.75, 3.05) is 6.79 Å². The minimum Gasteiger partial charge on any atom is -0.202 e. The van der Waals surface area contributed by atoms with Gasteiger partial charge in [0.2, 0.25) is 12.6 Å². The summed E-state index contributed by atoms with van der Waals surface area (Å²) in [4.78, 5) is 19.7. The van der Waals surface area contributed by atoms with Crippen molar-refractivity contribution in [2.24, 2.45) is 5.92 Å². The van der Waals surface area contributed by atoms with Crippen molar-refractivity contribution in [3.05, 3.63) is 0 Å². The molecule has 4 nitrogen and oxygen atoms in total. The molecule has 1 spiro atoms. The minimum absolute atomic E-state index is 0.0668. The Morgan fingerprint density at radius 2 is 1.67 bits per heavy atom. The quantitative estimate of drug-likeness (QED) is 0.524. The Bertz CT molecular complexity index is 143. The zero-order chi connectivity index (χ0) is 8.44. The second-order valence-electron chi connectivity index (χ2n) is 3.61. The van der Waals surface area contributed by atoms with Gasteiger partial charge in [0.1, 0.15) is 0 Å². The van der Waals surface area contributed by atoms with E-state index in [0.717, 1.165) is 31.6 Å². The highest BCUT2D eigenvalue weighted by atomic mass is 17.4. The third kappa shape index (κ3) is 1.61. The SMILES string of the molecule is CC1CCC2(CC1)OOCOO2. The van der Waals surface area contributed by atoms with Crippen molar-refractivity contribution < 1.29 is 19.6 Å². The van der Waals surface area contributed by atoms with E-state index in [-0.39, 0.29) is 6.79 Å². The molecule has 1 aliphatic heterocycles. The van der Waals surface area contributed by atoms with E-state index in [4.69, 9.17) is 19.6 Å². The van der Waals surface area contributed by atoms with Crippen molar-refractivity contribution in [1.29, 1.82) is 0 Å². The summed E-state index contributed by atoms with van der Waals surface area (Å²) in [7, 11) is 0. The third-order valence-electron chi connectivity index (χ3n) is 2.55. The molecular formula is C8H14O4. The molecule has 4 heteroatoms. The summed E-state index contributed by atoms with van der Waals surface area (Å²) in [5.41, 5.74) is 0. The summed E-state index contributed by atoms with van der Waals surface area (Å²) in [5.74, 6) is 0.148. The average Bonchev–Trinajstić information content (AvgIpc) is 2.13. The maximum absolute atomic E-state index is 5.11. The molecule has 70 valence electrons. The van der Waals surface area contributed by atoms with Crippen LogP contribution in [0.5, 0.6) is 0 Å². The molecule has 0 aromatic heterocycles. The lowest BCUT2D eigenvalue weighted by Gasteiger charge is -2.38. The van der Waals surface area contributed by atoms with E-state index in [2.05, 4.69) is 6.92 Å². The number of rotatable bonds is 0. The van der Waals surface area contributed by atoms with Crippen LogP contribution in [0.15, 0.2) is 0 Å². The van der Waals surface area contributed by atoms with Gasteiger partial charge in [0.15, 0.2) is 0 Å². The lowest BCUT2D eigenvalue weighted by atomic mass is 9.86. The van der Waals surface area contributed by atoms with Gasteiger partial charge >= 0.3 is 0 Å². The summed E-state index contributed by atoms with van der Waals surface area (Å²) in [6.07, 6.45) is 3.92. The molecule has 0 atom stereocenters. The van der Waals surface area contributed by atoms with Gasteiger partial charge in [-0.2, -0.15) is 9.78 Å². The zero-order valence-electron chi connectivity index (χ0n) is 7.25. The van der Waals surface area contributed by atoms with Crippen LogP contribution in [0.3, 0.4) is 0 Å². The molecule has 2 aliphatic rings. The van der Waals surface area contributed by atoms with E-state index in [9.17, 15) is 0 Å². The van der Waals surface area contributed by atoms with Gasteiger partial charge in [-0.15, -0.1) is 0 Å². The largest absolute Gasteiger partial charge is 0.234 e. The van der Waals surface area contributed by atoms with Gasteiger partial charge in [0.25, 0.3) is 0 Å². The molecule has 2 fully saturated rings. The average molecular weight is 174 g/mol. The van der Waals surface area contributed by atoms with Crippen molar-refractivity contribution in [1.82, 2.24) is 0 Å². The van der Waals surface area contributed by atoms with Gasteiger partial charge in [-0.1, -0.05) is 6.92 Å². The van der Waals surface area contributed by atoms with Gasteiger partial charge in [-0.25, -0.2) is 9.78 Å². The number of hydrogen-bond acceptors (Lipinski definition) is 4. The van der Waals surface area contributed by atoms with Crippen LogP contribution in [0.1, 0.15) is 32.6 Å². The Hall–Kier alpha value is -0.160. The zero-order valence-corrected chi connectivity index (χ0v) is 7.25. The van der Waals surface area contributed by atoms with Crippen LogP contribution in [0.4, 0.5) is 0 Å². The maximum atomic E-state index is 5.11. The van der Waals surface area contributed by atoms with Crippen LogP contribution in [0, 0.1) is 5.92 Å². The normalized spacial score (nSPS) is 30.8. The van der Waals surface area contributed by atoms with Gasteiger partial charge in [0.05, 0.1) is 0 Å². The standard InChI is InChI=1S/C8H14O4/c1-7-2-4-8(5-3-7)11-9-6-10-12-8/h7H,2-6H2,1H3. The second kappa shape index (κ2) is 3.30. The first-order chi connectivity index (χ1) is 5.81. The van der Waals surface area contributed by atoms with E-state index in [0.29, 0.717) is 0 Å². The lowest BCUT2D eigenvalue weighted by molar-refractivity contribution is -0.602. The monoisotopic (exact) mass is 174 g/mol. The Balaban J connectivity index is 1.92. The smallest absolute Gasteiger partial charge is 0.202 e. The van der Waals surface area contributed by atoms with Crippen molar-refractivity contribution in [3.8, 4) is 0 Å². The van der Waals surface area contributed by atoms with E-state index in [1.165, 1.54) is 0 Å². The first-order valence-electron chi connectivity index (χ1n) is 4.42. The van der Waals surface area contributed by atoms with E-state index >= 15 is 0 Å². The molecule has 1 heterocycles. The molecule has 1 saturated heterocycles. The molecular weight excluding hydrogens is 160 g/mol. The topological polar surface area (TPSA) is 36.9 Å². The molecule has 1 aliphatic carbocycles. The lowest BCUT2D eigenvalue weighted by Crippen LogP contribution is -2.43. The molecule has 1 saturated carbocycles. The first kappa shape index (κ1) is 8.44. The third-order valence-corrected chi connectivity index (χ3v) is 2.55. The highest BCUT2D eigenvalue weighted by molar-refractivity contribution is 4.76. The van der Waals surface area contributed by atoms with E-state index < -0.39 is 5.79 Å². The number of hydrogen-bond donors (Lipinski definition) is 0. The van der Waals surface area contributed by atoms with E-state index in [1.54, 1.807) is 0 Å². The fraction of sp³-hybridized carbons (Fsp3) is 1.00.